The van der Waals surface area contributed by atoms with Crippen molar-refractivity contribution in [3.05, 3.63) is 60.2 Å². The van der Waals surface area contributed by atoms with Gasteiger partial charge in [-0.05, 0) is 35.2 Å². The van der Waals surface area contributed by atoms with E-state index in [-0.39, 0.29) is 12.3 Å². The van der Waals surface area contributed by atoms with Gasteiger partial charge in [0.05, 0.1) is 18.9 Å². The van der Waals surface area contributed by atoms with Crippen molar-refractivity contribution in [2.75, 3.05) is 16.7 Å². The predicted molar refractivity (Wildman–Crippen MR) is 102 cm³/mol. The number of nitrogens with zero attached hydrogens (tertiary/aromatic N) is 1. The molecule has 0 saturated carbocycles. The van der Waals surface area contributed by atoms with Gasteiger partial charge >= 0.3 is 6.36 Å². The fourth-order valence-electron chi connectivity index (χ4n) is 2.59. The molecule has 28 heavy (non-hydrogen) atoms. The van der Waals surface area contributed by atoms with Gasteiger partial charge in [0.1, 0.15) is 10.8 Å². The first kappa shape index (κ1) is 20.4. The molecule has 2 aromatic carbocycles. The average Bonchev–Trinajstić information content (AvgIpc) is 3.03. The lowest BCUT2D eigenvalue weighted by molar-refractivity contribution is -0.274. The Morgan fingerprint density at radius 3 is 2.36 bits per heavy atom. The molecule has 10 heteroatoms. The van der Waals surface area contributed by atoms with Crippen LogP contribution in [0.3, 0.4) is 0 Å². The third-order valence-corrected chi connectivity index (χ3v) is 6.78. The highest BCUT2D eigenvalue weighted by Crippen LogP contribution is 2.35. The maximum atomic E-state index is 12.7. The first-order valence-corrected chi connectivity index (χ1v) is 10.5. The summed E-state index contributed by atoms with van der Waals surface area (Å²) in [7, 11) is -3.83. The zero-order valence-electron chi connectivity index (χ0n) is 14.4. The van der Waals surface area contributed by atoms with Gasteiger partial charge in [0.15, 0.2) is 0 Å². The van der Waals surface area contributed by atoms with Crippen LogP contribution in [0.2, 0.25) is 0 Å². The summed E-state index contributed by atoms with van der Waals surface area (Å²) in [6.45, 7) is -0.621. The fraction of sp³-hybridized carbons (Fsp3) is 0.222. The number of thiophene rings is 1. The van der Waals surface area contributed by atoms with Crippen molar-refractivity contribution >= 4 is 36.4 Å². The van der Waals surface area contributed by atoms with Gasteiger partial charge in [0.25, 0.3) is 0 Å². The SMILES string of the molecule is O=S(=O)(CCO)N(Cc1ccc(OC(F)(F)F)cc1)c1cc2ccccc2s1. The lowest BCUT2D eigenvalue weighted by Gasteiger charge is -2.22. The molecule has 0 aliphatic rings. The van der Waals surface area contributed by atoms with Crippen LogP contribution in [0.25, 0.3) is 10.1 Å². The normalized spacial score (nSPS) is 12.3. The van der Waals surface area contributed by atoms with Crippen LogP contribution in [0.15, 0.2) is 54.6 Å². The van der Waals surface area contributed by atoms with Gasteiger partial charge in [-0.2, -0.15) is 0 Å². The van der Waals surface area contributed by atoms with E-state index in [1.165, 1.54) is 23.5 Å². The minimum atomic E-state index is -4.80. The monoisotopic (exact) mass is 431 g/mol. The third kappa shape index (κ3) is 4.94. The molecular weight excluding hydrogens is 415 g/mol. The van der Waals surface area contributed by atoms with Crippen molar-refractivity contribution in [3.8, 4) is 5.75 Å². The average molecular weight is 431 g/mol. The minimum Gasteiger partial charge on any atom is -0.406 e. The molecule has 3 aromatic rings. The van der Waals surface area contributed by atoms with E-state index in [2.05, 4.69) is 4.74 Å². The van der Waals surface area contributed by atoms with Crippen molar-refractivity contribution in [1.29, 1.82) is 0 Å². The highest BCUT2D eigenvalue weighted by Gasteiger charge is 2.31. The van der Waals surface area contributed by atoms with Crippen LogP contribution in [0, 0.1) is 0 Å². The van der Waals surface area contributed by atoms with Gasteiger partial charge in [0, 0.05) is 4.70 Å². The standard InChI is InChI=1S/C18H16F3NO4S2/c19-18(20,21)26-15-7-5-13(6-8-15)12-22(28(24,25)10-9-23)17-11-14-3-1-2-4-16(14)27-17/h1-8,11,23H,9-10,12H2. The summed E-state index contributed by atoms with van der Waals surface area (Å²) in [4.78, 5) is 0. The van der Waals surface area contributed by atoms with E-state index in [0.29, 0.717) is 10.6 Å². The maximum Gasteiger partial charge on any atom is 0.573 e. The largest absolute Gasteiger partial charge is 0.573 e. The van der Waals surface area contributed by atoms with Gasteiger partial charge < -0.3 is 9.84 Å². The van der Waals surface area contributed by atoms with Crippen LogP contribution in [0.1, 0.15) is 5.56 Å². The Kier molecular flexibility index (Phi) is 5.82. The van der Waals surface area contributed by atoms with Gasteiger partial charge in [-0.25, -0.2) is 8.42 Å². The van der Waals surface area contributed by atoms with Crippen molar-refractivity contribution in [3.63, 3.8) is 0 Å². The second-order valence-electron chi connectivity index (χ2n) is 5.86. The number of fused-ring (bicyclic) bond motifs is 1. The molecule has 0 atom stereocenters. The number of aliphatic hydroxyl groups is 1. The Bertz CT molecular complexity index is 1010. The van der Waals surface area contributed by atoms with Gasteiger partial charge in [-0.15, -0.1) is 24.5 Å². The van der Waals surface area contributed by atoms with Crippen molar-refractivity contribution in [2.24, 2.45) is 0 Å². The van der Waals surface area contributed by atoms with E-state index in [9.17, 15) is 21.6 Å². The lowest BCUT2D eigenvalue weighted by atomic mass is 10.2. The van der Waals surface area contributed by atoms with Crippen molar-refractivity contribution in [1.82, 2.24) is 0 Å². The second kappa shape index (κ2) is 7.98. The highest BCUT2D eigenvalue weighted by molar-refractivity contribution is 7.93. The highest BCUT2D eigenvalue weighted by atomic mass is 32.2. The first-order valence-electron chi connectivity index (χ1n) is 8.12. The Morgan fingerprint density at radius 2 is 1.75 bits per heavy atom. The van der Waals surface area contributed by atoms with Crippen molar-refractivity contribution < 1.29 is 31.4 Å². The summed E-state index contributed by atoms with van der Waals surface area (Å²) < 4.78 is 68.1. The summed E-state index contributed by atoms with van der Waals surface area (Å²) in [5.74, 6) is -0.848. The molecule has 0 aliphatic heterocycles. The molecule has 1 N–H and O–H groups in total. The van der Waals surface area contributed by atoms with Crippen molar-refractivity contribution in [2.45, 2.75) is 12.9 Å². The number of rotatable bonds is 7. The minimum absolute atomic E-state index is 0.0819. The van der Waals surface area contributed by atoms with Gasteiger partial charge in [0.2, 0.25) is 10.0 Å². The molecule has 0 fully saturated rings. The van der Waals surface area contributed by atoms with Gasteiger partial charge in [-0.3, -0.25) is 4.31 Å². The van der Waals surface area contributed by atoms with E-state index in [1.54, 1.807) is 6.07 Å². The van der Waals surface area contributed by atoms with Crippen LogP contribution in [0.4, 0.5) is 18.2 Å². The number of sulfonamides is 1. The van der Waals surface area contributed by atoms with Crippen LogP contribution in [0.5, 0.6) is 5.75 Å². The number of aliphatic hydroxyl groups excluding tert-OH is 1. The summed E-state index contributed by atoms with van der Waals surface area (Å²) in [6, 6.07) is 14.1. The number of ether oxygens (including phenoxy) is 1. The first-order chi connectivity index (χ1) is 13.2. The van der Waals surface area contributed by atoms with E-state index < -0.39 is 28.7 Å². The van der Waals surface area contributed by atoms with Crippen LogP contribution < -0.4 is 9.04 Å². The number of alkyl halides is 3. The zero-order valence-corrected chi connectivity index (χ0v) is 16.0. The molecule has 150 valence electrons. The quantitative estimate of drug-likeness (QED) is 0.611. The number of anilines is 1. The molecule has 0 saturated heterocycles. The Morgan fingerprint density at radius 1 is 1.07 bits per heavy atom. The van der Waals surface area contributed by atoms with E-state index in [0.717, 1.165) is 26.5 Å². The van der Waals surface area contributed by atoms with Gasteiger partial charge in [-0.1, -0.05) is 30.3 Å². The molecule has 5 nitrogen and oxygen atoms in total. The van der Waals surface area contributed by atoms with E-state index in [4.69, 9.17) is 5.11 Å². The number of benzene rings is 2. The topological polar surface area (TPSA) is 66.8 Å². The Labute approximate surface area is 163 Å². The summed E-state index contributed by atoms with van der Waals surface area (Å²) >= 11 is 1.28. The molecule has 0 bridgehead atoms. The predicted octanol–water partition coefficient (Wildman–Crippen LogP) is 4.13. The zero-order chi connectivity index (χ0) is 20.4. The number of hydrogen-bond acceptors (Lipinski definition) is 5. The van der Waals surface area contributed by atoms with E-state index in [1.807, 2.05) is 24.3 Å². The molecule has 1 heterocycles. The Hall–Kier alpha value is -2.30. The summed E-state index contributed by atoms with van der Waals surface area (Å²) in [5.41, 5.74) is 0.480. The molecular formula is C18H16F3NO4S2. The summed E-state index contributed by atoms with van der Waals surface area (Å²) in [5, 5.41) is 10.5. The molecule has 1 aromatic heterocycles. The van der Waals surface area contributed by atoms with Crippen LogP contribution in [-0.4, -0.2) is 32.2 Å². The lowest BCUT2D eigenvalue weighted by Crippen LogP contribution is -2.33. The molecule has 0 spiro atoms. The molecule has 0 radical (unpaired) electrons. The molecule has 0 aliphatic carbocycles. The Balaban J connectivity index is 1.91. The third-order valence-electron chi connectivity index (χ3n) is 3.83. The summed E-state index contributed by atoms with van der Waals surface area (Å²) in [6.07, 6.45) is -4.80. The number of halogens is 3. The molecule has 0 unspecified atom stereocenters. The van der Waals surface area contributed by atoms with E-state index >= 15 is 0 Å². The van der Waals surface area contributed by atoms with Crippen LogP contribution >= 0.6 is 11.3 Å². The number of hydrogen-bond donors (Lipinski definition) is 1. The molecule has 3 rings (SSSR count). The second-order valence-corrected chi connectivity index (χ2v) is 8.94. The molecule has 0 amide bonds. The smallest absolute Gasteiger partial charge is 0.406 e. The van der Waals surface area contributed by atoms with Crippen LogP contribution in [-0.2, 0) is 16.6 Å². The fourth-order valence-corrected chi connectivity index (χ4v) is 5.14. The maximum absolute atomic E-state index is 12.7.